The number of hydrogen-bond acceptors (Lipinski definition) is 4. The number of anilines is 2. The lowest BCUT2D eigenvalue weighted by molar-refractivity contribution is 0.147. The molecule has 2 amide bonds. The van der Waals surface area contributed by atoms with Gasteiger partial charge in [0, 0.05) is 37.1 Å². The van der Waals surface area contributed by atoms with E-state index in [1.54, 1.807) is 29.1 Å². The van der Waals surface area contributed by atoms with E-state index in [9.17, 15) is 13.6 Å². The quantitative estimate of drug-likeness (QED) is 0.596. The van der Waals surface area contributed by atoms with Gasteiger partial charge in [0.25, 0.3) is 0 Å². The molecule has 0 radical (unpaired) electrons. The molecule has 0 unspecified atom stereocenters. The molecule has 4 rings (SSSR count). The van der Waals surface area contributed by atoms with Crippen LogP contribution in [-0.4, -0.2) is 47.0 Å². The van der Waals surface area contributed by atoms with Crippen molar-refractivity contribution in [2.24, 2.45) is 7.05 Å². The molecule has 9 heteroatoms. The lowest BCUT2D eigenvalue weighted by atomic mass is 10.1. The number of urea groups is 1. The molecule has 1 aliphatic heterocycles. The summed E-state index contributed by atoms with van der Waals surface area (Å²) >= 11 is 0. The fourth-order valence-electron chi connectivity index (χ4n) is 3.34. The van der Waals surface area contributed by atoms with Gasteiger partial charge in [0.1, 0.15) is 24.0 Å². The van der Waals surface area contributed by atoms with Crippen LogP contribution in [0.15, 0.2) is 48.7 Å². The zero-order chi connectivity index (χ0) is 21.8. The zero-order valence-electron chi connectivity index (χ0n) is 17.1. The molecule has 1 saturated heterocycles. The van der Waals surface area contributed by atoms with Crippen molar-refractivity contribution in [1.29, 1.82) is 0 Å². The summed E-state index contributed by atoms with van der Waals surface area (Å²) in [6.07, 6.45) is 2.91. The Labute approximate surface area is 178 Å². The highest BCUT2D eigenvalue weighted by Crippen LogP contribution is 2.32. The number of benzene rings is 2. The number of likely N-dealkylation sites (tertiary alicyclic amines) is 1. The van der Waals surface area contributed by atoms with Crippen molar-refractivity contribution < 1.29 is 18.3 Å². The van der Waals surface area contributed by atoms with Crippen LogP contribution in [0.25, 0.3) is 11.3 Å². The van der Waals surface area contributed by atoms with Crippen molar-refractivity contribution in [2.45, 2.75) is 6.42 Å². The third-order valence-corrected chi connectivity index (χ3v) is 5.13. The Hall–Kier alpha value is -3.46. The van der Waals surface area contributed by atoms with Crippen LogP contribution in [0.3, 0.4) is 0 Å². The van der Waals surface area contributed by atoms with E-state index < -0.39 is 17.7 Å². The molecule has 0 atom stereocenters. The van der Waals surface area contributed by atoms with Crippen molar-refractivity contribution in [1.82, 2.24) is 14.7 Å². The van der Waals surface area contributed by atoms with Gasteiger partial charge in [-0.15, -0.1) is 0 Å². The second-order valence-corrected chi connectivity index (χ2v) is 7.30. The van der Waals surface area contributed by atoms with E-state index in [4.69, 9.17) is 4.74 Å². The summed E-state index contributed by atoms with van der Waals surface area (Å²) < 4.78 is 34.6. The molecule has 0 saturated carbocycles. The molecule has 1 aliphatic rings. The fourth-order valence-corrected chi connectivity index (χ4v) is 3.34. The number of ether oxygens (including phenoxy) is 1. The van der Waals surface area contributed by atoms with Crippen molar-refractivity contribution in [2.75, 3.05) is 36.9 Å². The minimum Gasteiger partial charge on any atom is -0.492 e. The van der Waals surface area contributed by atoms with Crippen LogP contribution in [0.1, 0.15) is 6.42 Å². The molecule has 2 aromatic carbocycles. The summed E-state index contributed by atoms with van der Waals surface area (Å²) in [7, 11) is 1.82. The number of carbonyl (C=O) groups is 1. The summed E-state index contributed by atoms with van der Waals surface area (Å²) in [5.41, 5.74) is 1.98. The van der Waals surface area contributed by atoms with E-state index in [2.05, 4.69) is 20.6 Å². The molecular weight excluding hydrogens is 404 g/mol. The highest BCUT2D eigenvalue weighted by molar-refractivity contribution is 6.00. The monoisotopic (exact) mass is 427 g/mol. The summed E-state index contributed by atoms with van der Waals surface area (Å²) in [6, 6.07) is 9.43. The number of nitrogens with zero attached hydrogens (tertiary/aromatic N) is 3. The molecule has 2 N–H and O–H groups in total. The third-order valence-electron chi connectivity index (χ3n) is 5.13. The van der Waals surface area contributed by atoms with E-state index in [-0.39, 0.29) is 5.69 Å². The van der Waals surface area contributed by atoms with E-state index in [1.807, 2.05) is 13.1 Å². The lowest BCUT2D eigenvalue weighted by Crippen LogP contribution is -2.39. The van der Waals surface area contributed by atoms with Crippen LogP contribution in [0, 0.1) is 11.6 Å². The topological polar surface area (TPSA) is 71.4 Å². The Bertz CT molecular complexity index is 1080. The molecule has 7 nitrogen and oxygen atoms in total. The molecule has 162 valence electrons. The molecule has 1 fully saturated rings. The predicted molar refractivity (Wildman–Crippen MR) is 114 cm³/mol. The van der Waals surface area contributed by atoms with Gasteiger partial charge < -0.3 is 15.4 Å². The fraction of sp³-hybridized carbons (Fsp3) is 0.273. The van der Waals surface area contributed by atoms with Crippen LogP contribution >= 0.6 is 0 Å². The van der Waals surface area contributed by atoms with Crippen molar-refractivity contribution in [3.63, 3.8) is 0 Å². The highest BCUT2D eigenvalue weighted by Gasteiger charge is 2.16. The average Bonchev–Trinajstić information content (AvgIpc) is 3.12. The molecule has 1 aromatic heterocycles. The minimum atomic E-state index is -0.850. The molecule has 0 spiro atoms. The summed E-state index contributed by atoms with van der Waals surface area (Å²) in [4.78, 5) is 14.6. The number of aromatic nitrogens is 2. The predicted octanol–water partition coefficient (Wildman–Crippen LogP) is 4.09. The van der Waals surface area contributed by atoms with Crippen LogP contribution in [0.2, 0.25) is 0 Å². The molecular formula is C22H23F2N5O2. The Morgan fingerprint density at radius 3 is 2.65 bits per heavy atom. The molecule has 0 bridgehead atoms. The van der Waals surface area contributed by atoms with Gasteiger partial charge >= 0.3 is 6.03 Å². The van der Waals surface area contributed by atoms with Crippen molar-refractivity contribution in [3.8, 4) is 17.0 Å². The first kappa shape index (κ1) is 20.8. The van der Waals surface area contributed by atoms with E-state index in [1.165, 1.54) is 12.5 Å². The van der Waals surface area contributed by atoms with Crippen LogP contribution in [0.5, 0.6) is 5.75 Å². The average molecular weight is 427 g/mol. The SMILES string of the molecule is Cn1nccc1-c1cc(NC(=O)Nc2ccc(F)cc2F)ccc1OCCN1CCC1. The smallest absolute Gasteiger partial charge is 0.323 e. The van der Waals surface area contributed by atoms with E-state index in [0.717, 1.165) is 37.0 Å². The van der Waals surface area contributed by atoms with E-state index >= 15 is 0 Å². The van der Waals surface area contributed by atoms with Crippen molar-refractivity contribution >= 4 is 17.4 Å². The Morgan fingerprint density at radius 1 is 1.13 bits per heavy atom. The van der Waals surface area contributed by atoms with Gasteiger partial charge in [0.2, 0.25) is 0 Å². The maximum absolute atomic E-state index is 13.8. The number of amides is 2. The first-order valence-electron chi connectivity index (χ1n) is 10.0. The third kappa shape index (κ3) is 5.00. The number of halogens is 2. The second kappa shape index (κ2) is 9.13. The van der Waals surface area contributed by atoms with Gasteiger partial charge in [-0.3, -0.25) is 9.58 Å². The largest absolute Gasteiger partial charge is 0.492 e. The Kier molecular flexibility index (Phi) is 6.13. The van der Waals surface area contributed by atoms with Gasteiger partial charge in [-0.1, -0.05) is 0 Å². The molecule has 3 aromatic rings. The summed E-state index contributed by atoms with van der Waals surface area (Å²) in [6.45, 7) is 3.62. The first-order chi connectivity index (χ1) is 15.0. The molecule has 31 heavy (non-hydrogen) atoms. The van der Waals surface area contributed by atoms with Gasteiger partial charge in [0.15, 0.2) is 0 Å². The highest BCUT2D eigenvalue weighted by atomic mass is 19.1. The van der Waals surface area contributed by atoms with Gasteiger partial charge in [-0.25, -0.2) is 13.6 Å². The lowest BCUT2D eigenvalue weighted by Gasteiger charge is -2.30. The molecule has 2 heterocycles. The maximum atomic E-state index is 13.8. The van der Waals surface area contributed by atoms with Crippen LogP contribution in [0.4, 0.5) is 25.0 Å². The van der Waals surface area contributed by atoms with Gasteiger partial charge in [0.05, 0.1) is 11.4 Å². The van der Waals surface area contributed by atoms with Crippen LogP contribution in [-0.2, 0) is 7.05 Å². The Balaban J connectivity index is 1.49. The Morgan fingerprint density at radius 2 is 1.97 bits per heavy atom. The normalized spacial score (nSPS) is 13.5. The maximum Gasteiger partial charge on any atom is 0.323 e. The number of hydrogen-bond donors (Lipinski definition) is 2. The first-order valence-corrected chi connectivity index (χ1v) is 10.0. The van der Waals surface area contributed by atoms with Crippen LogP contribution < -0.4 is 15.4 Å². The standard InChI is InChI=1S/C22H23F2N5O2/c1-28-20(7-8-25-28)17-14-16(4-6-21(17)31-12-11-29-9-2-10-29)26-22(30)27-19-5-3-15(23)13-18(19)24/h3-8,13-14H,2,9-12H2,1H3,(H2,26,27,30). The van der Waals surface area contributed by atoms with E-state index in [0.29, 0.717) is 24.1 Å². The summed E-state index contributed by atoms with van der Waals surface area (Å²) in [5.74, 6) is -0.884. The number of carbonyl (C=O) groups excluding carboxylic acids is 1. The van der Waals surface area contributed by atoms with Crippen molar-refractivity contribution in [3.05, 3.63) is 60.3 Å². The summed E-state index contributed by atoms with van der Waals surface area (Å²) in [5, 5.41) is 9.26. The minimum absolute atomic E-state index is 0.114. The number of rotatable bonds is 7. The zero-order valence-corrected chi connectivity index (χ0v) is 17.1. The number of aryl methyl sites for hydroxylation is 1. The van der Waals surface area contributed by atoms with Gasteiger partial charge in [-0.05, 0) is 55.9 Å². The molecule has 0 aliphatic carbocycles. The van der Waals surface area contributed by atoms with Gasteiger partial charge in [-0.2, -0.15) is 5.10 Å². The second-order valence-electron chi connectivity index (χ2n) is 7.30. The number of nitrogens with one attached hydrogen (secondary N) is 2.